The van der Waals surface area contributed by atoms with Gasteiger partial charge in [-0.3, -0.25) is 14.4 Å². The SMILES string of the molecule is COc1ccc(S(=O)(=O)Nc2ccc3c(c2)C(=O)N([C@H](C)CO)C[C@@H](C)[C@@H](CN(C)Cc2ccc(Cl)c(Cl)c2)OCCCC[C@H](C)O3)cc1. The summed E-state index contributed by atoms with van der Waals surface area (Å²) >= 11 is 12.4. The number of benzene rings is 3. The van der Waals surface area contributed by atoms with Gasteiger partial charge in [-0.1, -0.05) is 36.2 Å². The number of aliphatic hydroxyl groups is 1. The molecule has 0 saturated heterocycles. The molecule has 268 valence electrons. The lowest BCUT2D eigenvalue weighted by molar-refractivity contribution is -0.0177. The van der Waals surface area contributed by atoms with Crippen molar-refractivity contribution < 1.29 is 32.5 Å². The first-order valence-corrected chi connectivity index (χ1v) is 18.7. The Labute approximate surface area is 300 Å². The smallest absolute Gasteiger partial charge is 0.261 e. The molecule has 13 heteroatoms. The van der Waals surface area contributed by atoms with Crippen LogP contribution in [0.1, 0.15) is 56.0 Å². The maximum atomic E-state index is 14.4. The highest BCUT2D eigenvalue weighted by atomic mass is 35.5. The molecule has 0 unspecified atom stereocenters. The summed E-state index contributed by atoms with van der Waals surface area (Å²) in [6.07, 6.45) is 1.98. The lowest BCUT2D eigenvalue weighted by Crippen LogP contribution is -2.47. The number of nitrogens with one attached hydrogen (secondary N) is 1. The molecule has 0 radical (unpaired) electrons. The van der Waals surface area contributed by atoms with Crippen LogP contribution in [-0.4, -0.2) is 87.9 Å². The van der Waals surface area contributed by atoms with Crippen molar-refractivity contribution in [2.75, 3.05) is 45.2 Å². The van der Waals surface area contributed by atoms with Crippen molar-refractivity contribution in [3.05, 3.63) is 81.8 Å². The Hall–Kier alpha value is -3.06. The van der Waals surface area contributed by atoms with Crippen molar-refractivity contribution >= 4 is 44.8 Å². The molecule has 0 spiro atoms. The summed E-state index contributed by atoms with van der Waals surface area (Å²) < 4.78 is 47.0. The normalized spacial score (nSPS) is 20.2. The Balaban J connectivity index is 1.63. The first-order valence-electron chi connectivity index (χ1n) is 16.4. The number of hydrogen-bond donors (Lipinski definition) is 2. The van der Waals surface area contributed by atoms with Gasteiger partial charge in [0.25, 0.3) is 15.9 Å². The monoisotopic (exact) mass is 735 g/mol. The molecule has 1 aliphatic heterocycles. The first-order chi connectivity index (χ1) is 23.3. The van der Waals surface area contributed by atoms with Gasteiger partial charge >= 0.3 is 0 Å². The Bertz CT molecular complexity index is 1660. The summed E-state index contributed by atoms with van der Waals surface area (Å²) in [6, 6.07) is 15.8. The fourth-order valence-electron chi connectivity index (χ4n) is 5.74. The second kappa shape index (κ2) is 17.7. The number of nitrogens with zero attached hydrogens (tertiary/aromatic N) is 2. The Morgan fingerprint density at radius 2 is 1.80 bits per heavy atom. The summed E-state index contributed by atoms with van der Waals surface area (Å²) in [5, 5.41) is 11.3. The fraction of sp³-hybridized carbons (Fsp3) is 0.472. The topological polar surface area (TPSA) is 118 Å². The van der Waals surface area contributed by atoms with Crippen molar-refractivity contribution in [1.82, 2.24) is 9.80 Å². The summed E-state index contributed by atoms with van der Waals surface area (Å²) in [5.74, 6) is 0.359. The summed E-state index contributed by atoms with van der Waals surface area (Å²) in [6.45, 7) is 7.53. The van der Waals surface area contributed by atoms with Crippen molar-refractivity contribution in [3.63, 3.8) is 0 Å². The quantitative estimate of drug-likeness (QED) is 0.236. The highest BCUT2D eigenvalue weighted by molar-refractivity contribution is 7.92. The number of halogens is 2. The standard InChI is InChI=1S/C36H47Cl2N3O7S/c1-24-20-41(25(2)23-42)36(43)31-19-28(39-49(44,45)30-13-11-29(46-5)12-14-30)10-16-34(31)48-26(3)8-6-7-17-47-35(24)22-40(4)21-27-9-15-32(37)33(38)18-27/h9-16,18-19,24-26,35,39,42H,6-8,17,20-23H2,1-5H3/t24-,25-,26+,35-/m1/s1. The third kappa shape index (κ3) is 10.7. The van der Waals surface area contributed by atoms with Crippen LogP contribution in [0, 0.1) is 5.92 Å². The van der Waals surface area contributed by atoms with E-state index < -0.39 is 16.1 Å². The molecule has 4 atom stereocenters. The molecule has 3 aromatic carbocycles. The number of anilines is 1. The zero-order valence-electron chi connectivity index (χ0n) is 28.7. The largest absolute Gasteiger partial charge is 0.497 e. The predicted molar refractivity (Wildman–Crippen MR) is 193 cm³/mol. The van der Waals surface area contributed by atoms with Crippen molar-refractivity contribution in [2.24, 2.45) is 5.92 Å². The number of aliphatic hydroxyl groups excluding tert-OH is 1. The average molecular weight is 737 g/mol. The van der Waals surface area contributed by atoms with E-state index in [1.54, 1.807) is 42.2 Å². The van der Waals surface area contributed by atoms with Gasteiger partial charge in [0.2, 0.25) is 0 Å². The molecule has 0 fully saturated rings. The van der Waals surface area contributed by atoms with Gasteiger partial charge < -0.3 is 24.2 Å². The van der Waals surface area contributed by atoms with Gasteiger partial charge in [-0.05, 0) is 100 Å². The van der Waals surface area contributed by atoms with Gasteiger partial charge in [-0.25, -0.2) is 8.42 Å². The Kier molecular flexibility index (Phi) is 14.0. The molecule has 10 nitrogen and oxygen atoms in total. The molecular weight excluding hydrogens is 689 g/mol. The Morgan fingerprint density at radius 1 is 1.06 bits per heavy atom. The van der Waals surface area contributed by atoms with E-state index in [1.165, 1.54) is 25.3 Å². The molecule has 1 heterocycles. The van der Waals surface area contributed by atoms with Crippen LogP contribution < -0.4 is 14.2 Å². The van der Waals surface area contributed by atoms with Gasteiger partial charge in [0.15, 0.2) is 0 Å². The van der Waals surface area contributed by atoms with Crippen LogP contribution in [0.2, 0.25) is 10.0 Å². The molecule has 4 rings (SSSR count). The Morgan fingerprint density at radius 3 is 2.47 bits per heavy atom. The van der Waals surface area contributed by atoms with Gasteiger partial charge in [0.1, 0.15) is 11.5 Å². The van der Waals surface area contributed by atoms with E-state index in [2.05, 4.69) is 9.62 Å². The molecule has 3 aromatic rings. The highest BCUT2D eigenvalue weighted by Crippen LogP contribution is 2.30. The number of likely N-dealkylation sites (N-methyl/N-ethyl adjacent to an activating group) is 1. The lowest BCUT2D eigenvalue weighted by atomic mass is 10.0. The first kappa shape index (κ1) is 38.7. The maximum Gasteiger partial charge on any atom is 0.261 e. The molecule has 0 aromatic heterocycles. The number of rotatable bonds is 10. The van der Waals surface area contributed by atoms with Crippen LogP contribution in [0.15, 0.2) is 65.6 Å². The van der Waals surface area contributed by atoms with Crippen molar-refractivity contribution in [3.8, 4) is 11.5 Å². The van der Waals surface area contributed by atoms with Gasteiger partial charge in [-0.15, -0.1) is 0 Å². The number of fused-ring (bicyclic) bond motifs is 1. The van der Waals surface area contributed by atoms with E-state index in [4.69, 9.17) is 37.4 Å². The number of sulfonamides is 1. The van der Waals surface area contributed by atoms with Crippen LogP contribution in [0.25, 0.3) is 0 Å². The minimum Gasteiger partial charge on any atom is -0.497 e. The van der Waals surface area contributed by atoms with E-state index >= 15 is 0 Å². The van der Waals surface area contributed by atoms with Crippen LogP contribution in [0.3, 0.4) is 0 Å². The zero-order valence-corrected chi connectivity index (χ0v) is 31.0. The van der Waals surface area contributed by atoms with Crippen molar-refractivity contribution in [2.45, 2.75) is 69.7 Å². The van der Waals surface area contributed by atoms with Crippen molar-refractivity contribution in [1.29, 1.82) is 0 Å². The average Bonchev–Trinajstić information content (AvgIpc) is 3.07. The molecular formula is C36H47Cl2N3O7S. The van der Waals surface area contributed by atoms with E-state index in [9.17, 15) is 18.3 Å². The molecule has 1 aliphatic rings. The maximum absolute atomic E-state index is 14.4. The molecule has 0 bridgehead atoms. The number of carbonyl (C=O) groups is 1. The van der Waals surface area contributed by atoms with Gasteiger partial charge in [-0.2, -0.15) is 0 Å². The van der Waals surface area contributed by atoms with Gasteiger partial charge in [0, 0.05) is 37.8 Å². The van der Waals surface area contributed by atoms with E-state index in [1.807, 2.05) is 33.0 Å². The minimum atomic E-state index is -3.98. The number of hydrogen-bond acceptors (Lipinski definition) is 8. The summed E-state index contributed by atoms with van der Waals surface area (Å²) in [7, 11) is -0.467. The number of carbonyl (C=O) groups excluding carboxylic acids is 1. The molecule has 1 amide bonds. The predicted octanol–water partition coefficient (Wildman–Crippen LogP) is 6.73. The zero-order chi connectivity index (χ0) is 35.7. The van der Waals surface area contributed by atoms with Crippen LogP contribution in [-0.2, 0) is 21.3 Å². The minimum absolute atomic E-state index is 0.0455. The summed E-state index contributed by atoms with van der Waals surface area (Å²) in [4.78, 5) is 18.2. The number of ether oxygens (including phenoxy) is 3. The molecule has 0 aliphatic carbocycles. The van der Waals surface area contributed by atoms with Crippen LogP contribution in [0.4, 0.5) is 5.69 Å². The second-order valence-corrected chi connectivity index (χ2v) is 15.2. The van der Waals surface area contributed by atoms with Crippen LogP contribution >= 0.6 is 23.2 Å². The number of amides is 1. The van der Waals surface area contributed by atoms with Crippen LogP contribution in [0.5, 0.6) is 11.5 Å². The second-order valence-electron chi connectivity index (χ2n) is 12.7. The third-order valence-corrected chi connectivity index (χ3v) is 10.7. The molecule has 49 heavy (non-hydrogen) atoms. The lowest BCUT2D eigenvalue weighted by Gasteiger charge is -2.36. The number of methoxy groups -OCH3 is 1. The van der Waals surface area contributed by atoms with Gasteiger partial charge in [0.05, 0.1) is 52.5 Å². The summed E-state index contributed by atoms with van der Waals surface area (Å²) in [5.41, 5.74) is 1.41. The third-order valence-electron chi connectivity index (χ3n) is 8.60. The van der Waals surface area contributed by atoms with E-state index in [-0.39, 0.29) is 53.3 Å². The van der Waals surface area contributed by atoms with E-state index in [0.717, 1.165) is 24.8 Å². The fourth-order valence-corrected chi connectivity index (χ4v) is 7.11. The molecule has 2 N–H and O–H groups in total. The highest BCUT2D eigenvalue weighted by Gasteiger charge is 2.31. The van der Waals surface area contributed by atoms with E-state index in [0.29, 0.717) is 41.2 Å². The molecule has 0 saturated carbocycles.